The third-order valence-electron chi connectivity index (χ3n) is 2.00. The smallest absolute Gasteiger partial charge is 0.119 e. The Labute approximate surface area is 90.6 Å². The van der Waals surface area contributed by atoms with Crippen LogP contribution in [-0.2, 0) is 0 Å². The highest BCUT2D eigenvalue weighted by Gasteiger charge is 2.14. The third-order valence-corrected chi connectivity index (χ3v) is 3.62. The van der Waals surface area contributed by atoms with Crippen LogP contribution in [0.15, 0.2) is 21.8 Å². The summed E-state index contributed by atoms with van der Waals surface area (Å²) in [6.45, 7) is 3.28. The van der Waals surface area contributed by atoms with Crippen LogP contribution >= 0.6 is 27.7 Å². The Kier molecular flexibility index (Phi) is 2.79. The van der Waals surface area contributed by atoms with E-state index in [-0.39, 0.29) is 0 Å². The fraction of sp³-hybridized carbons (Fsp3) is 0.444. The number of aromatic nitrogens is 1. The Morgan fingerprint density at radius 3 is 3.38 bits per heavy atom. The number of hydrogen-bond donors (Lipinski definition) is 1. The Morgan fingerprint density at radius 1 is 1.69 bits per heavy atom. The molecule has 0 saturated carbocycles. The summed E-state index contributed by atoms with van der Waals surface area (Å²) >= 11 is 5.27. The number of thioether (sulfide) groups is 1. The Hall–Kier alpha value is -0.220. The second-order valence-electron chi connectivity index (χ2n) is 3.15. The maximum Gasteiger partial charge on any atom is 0.119 e. The molecule has 1 N–H and O–H groups in total. The van der Waals surface area contributed by atoms with Gasteiger partial charge in [-0.05, 0) is 28.4 Å². The van der Waals surface area contributed by atoms with E-state index in [0.717, 1.165) is 21.7 Å². The van der Waals surface area contributed by atoms with Crippen molar-refractivity contribution in [3.8, 4) is 0 Å². The molecule has 0 saturated heterocycles. The summed E-state index contributed by atoms with van der Waals surface area (Å²) in [5.41, 5.74) is 1.16. The molecule has 1 aliphatic rings. The molecule has 0 amide bonds. The zero-order valence-electron chi connectivity index (χ0n) is 7.38. The van der Waals surface area contributed by atoms with Gasteiger partial charge in [-0.1, -0.05) is 6.92 Å². The van der Waals surface area contributed by atoms with Crippen LogP contribution in [0.2, 0.25) is 0 Å². The van der Waals surface area contributed by atoms with Crippen LogP contribution in [0.5, 0.6) is 0 Å². The quantitative estimate of drug-likeness (QED) is 0.774. The van der Waals surface area contributed by atoms with Gasteiger partial charge in [-0.2, -0.15) is 0 Å². The van der Waals surface area contributed by atoms with Crippen molar-refractivity contribution < 1.29 is 0 Å². The standard InChI is InChI=1S/C9H11BrN2S/c1-6-2-3-11-8-4-7(10)5-12-9(8)13-6/h4-6,11H,2-3H2,1H3. The number of halogens is 1. The van der Waals surface area contributed by atoms with Gasteiger partial charge in [-0.15, -0.1) is 11.8 Å². The van der Waals surface area contributed by atoms with E-state index in [1.165, 1.54) is 6.42 Å². The minimum atomic E-state index is 0.655. The van der Waals surface area contributed by atoms with E-state index >= 15 is 0 Å². The summed E-state index contributed by atoms with van der Waals surface area (Å²) in [6.07, 6.45) is 3.05. The normalized spacial score (nSPS) is 21.5. The SMILES string of the molecule is CC1CCNc2cc(Br)cnc2S1. The zero-order chi connectivity index (χ0) is 9.26. The summed E-state index contributed by atoms with van der Waals surface area (Å²) < 4.78 is 1.04. The highest BCUT2D eigenvalue weighted by molar-refractivity contribution is 9.10. The second kappa shape index (κ2) is 3.88. The number of hydrogen-bond acceptors (Lipinski definition) is 3. The van der Waals surface area contributed by atoms with E-state index in [1.54, 1.807) is 0 Å². The zero-order valence-corrected chi connectivity index (χ0v) is 9.78. The van der Waals surface area contributed by atoms with Gasteiger partial charge < -0.3 is 5.32 Å². The number of nitrogens with zero attached hydrogens (tertiary/aromatic N) is 1. The van der Waals surface area contributed by atoms with Crippen molar-refractivity contribution in [3.05, 3.63) is 16.7 Å². The van der Waals surface area contributed by atoms with Crippen molar-refractivity contribution in [3.63, 3.8) is 0 Å². The number of pyridine rings is 1. The highest BCUT2D eigenvalue weighted by atomic mass is 79.9. The molecule has 1 aromatic heterocycles. The lowest BCUT2D eigenvalue weighted by atomic mass is 10.3. The van der Waals surface area contributed by atoms with E-state index in [4.69, 9.17) is 0 Å². The molecular weight excluding hydrogens is 248 g/mol. The van der Waals surface area contributed by atoms with Gasteiger partial charge in [0.05, 0.1) is 5.69 Å². The number of nitrogens with one attached hydrogen (secondary N) is 1. The van der Waals surface area contributed by atoms with E-state index in [9.17, 15) is 0 Å². The summed E-state index contributed by atoms with van der Waals surface area (Å²) in [5, 5.41) is 5.16. The fourth-order valence-electron chi connectivity index (χ4n) is 1.31. The molecule has 0 radical (unpaired) electrons. The van der Waals surface area contributed by atoms with Crippen molar-refractivity contribution in [2.75, 3.05) is 11.9 Å². The molecule has 2 heterocycles. The molecule has 70 valence electrons. The average Bonchev–Trinajstić information content (AvgIpc) is 2.25. The highest BCUT2D eigenvalue weighted by Crippen LogP contribution is 2.33. The number of anilines is 1. The predicted octanol–water partition coefficient (Wildman–Crippen LogP) is 3.14. The molecule has 1 aliphatic heterocycles. The molecule has 2 nitrogen and oxygen atoms in total. The first-order valence-corrected chi connectivity index (χ1v) is 5.99. The maximum absolute atomic E-state index is 4.38. The van der Waals surface area contributed by atoms with Gasteiger partial charge in [0.15, 0.2) is 0 Å². The molecular formula is C9H11BrN2S. The van der Waals surface area contributed by atoms with Crippen LogP contribution in [0, 0.1) is 0 Å². The second-order valence-corrected chi connectivity index (χ2v) is 5.49. The minimum Gasteiger partial charge on any atom is -0.383 e. The van der Waals surface area contributed by atoms with Gasteiger partial charge in [0, 0.05) is 22.5 Å². The first-order valence-electron chi connectivity index (χ1n) is 4.32. The number of rotatable bonds is 0. The van der Waals surface area contributed by atoms with Crippen molar-refractivity contribution in [1.82, 2.24) is 4.98 Å². The van der Waals surface area contributed by atoms with Crippen LogP contribution in [0.3, 0.4) is 0 Å². The Balaban J connectivity index is 2.34. The van der Waals surface area contributed by atoms with Crippen molar-refractivity contribution in [1.29, 1.82) is 0 Å². The summed E-state index contributed by atoms with van der Waals surface area (Å²) in [7, 11) is 0. The van der Waals surface area contributed by atoms with Crippen LogP contribution in [0.25, 0.3) is 0 Å². The first kappa shape index (κ1) is 9.34. The Bertz CT molecular complexity index is 316. The van der Waals surface area contributed by atoms with Gasteiger partial charge >= 0.3 is 0 Å². The molecule has 0 bridgehead atoms. The first-order chi connectivity index (χ1) is 6.25. The summed E-state index contributed by atoms with van der Waals surface area (Å²) in [6, 6.07) is 2.09. The molecule has 0 spiro atoms. The molecule has 1 aromatic rings. The van der Waals surface area contributed by atoms with Crippen molar-refractivity contribution in [2.45, 2.75) is 23.6 Å². The van der Waals surface area contributed by atoms with Crippen molar-refractivity contribution in [2.24, 2.45) is 0 Å². The van der Waals surface area contributed by atoms with Gasteiger partial charge in [-0.3, -0.25) is 0 Å². The lowest BCUT2D eigenvalue weighted by Gasteiger charge is -2.06. The largest absolute Gasteiger partial charge is 0.383 e. The topological polar surface area (TPSA) is 24.9 Å². The van der Waals surface area contributed by atoms with E-state index < -0.39 is 0 Å². The molecule has 0 aromatic carbocycles. The van der Waals surface area contributed by atoms with Crippen LogP contribution < -0.4 is 5.32 Å². The lowest BCUT2D eigenvalue weighted by Crippen LogP contribution is -2.03. The van der Waals surface area contributed by atoms with Gasteiger partial charge in [0.1, 0.15) is 5.03 Å². The van der Waals surface area contributed by atoms with Crippen LogP contribution in [0.4, 0.5) is 5.69 Å². The molecule has 1 unspecified atom stereocenters. The van der Waals surface area contributed by atoms with Crippen LogP contribution in [-0.4, -0.2) is 16.8 Å². The average molecular weight is 259 g/mol. The molecule has 4 heteroatoms. The number of fused-ring (bicyclic) bond motifs is 1. The van der Waals surface area contributed by atoms with Gasteiger partial charge in [-0.25, -0.2) is 4.98 Å². The summed E-state index contributed by atoms with van der Waals surface area (Å²) in [4.78, 5) is 4.38. The Morgan fingerprint density at radius 2 is 2.54 bits per heavy atom. The van der Waals surface area contributed by atoms with E-state index in [1.807, 2.05) is 18.0 Å². The van der Waals surface area contributed by atoms with Gasteiger partial charge in [0.25, 0.3) is 0 Å². The monoisotopic (exact) mass is 258 g/mol. The predicted molar refractivity (Wildman–Crippen MR) is 60.4 cm³/mol. The van der Waals surface area contributed by atoms with Gasteiger partial charge in [0.2, 0.25) is 0 Å². The third kappa shape index (κ3) is 2.17. The molecule has 2 rings (SSSR count). The van der Waals surface area contributed by atoms with E-state index in [0.29, 0.717) is 5.25 Å². The minimum absolute atomic E-state index is 0.655. The maximum atomic E-state index is 4.38. The van der Waals surface area contributed by atoms with E-state index in [2.05, 4.69) is 39.2 Å². The molecule has 1 atom stereocenters. The van der Waals surface area contributed by atoms with Crippen molar-refractivity contribution >= 4 is 33.4 Å². The molecule has 0 aliphatic carbocycles. The molecule has 13 heavy (non-hydrogen) atoms. The fourth-order valence-corrected chi connectivity index (χ4v) is 2.63. The summed E-state index contributed by atoms with van der Waals surface area (Å²) in [5.74, 6) is 0. The van der Waals surface area contributed by atoms with Crippen LogP contribution in [0.1, 0.15) is 13.3 Å². The molecule has 0 fully saturated rings. The lowest BCUT2D eigenvalue weighted by molar-refractivity contribution is 0.860.